The molecule has 0 spiro atoms. The summed E-state index contributed by atoms with van der Waals surface area (Å²) in [6.45, 7) is 3.13. The van der Waals surface area contributed by atoms with Gasteiger partial charge in [-0.15, -0.1) is 0 Å². The number of carbonyl (C=O) groups excluding carboxylic acids is 1. The molecule has 3 heterocycles. The molecule has 1 atom stereocenters. The van der Waals surface area contributed by atoms with Crippen LogP contribution in [0.3, 0.4) is 0 Å². The molecule has 2 aliphatic heterocycles. The van der Waals surface area contributed by atoms with E-state index >= 15 is 0 Å². The molecule has 0 saturated carbocycles. The fourth-order valence-electron chi connectivity index (χ4n) is 3.13. The van der Waals surface area contributed by atoms with Crippen LogP contribution in [-0.4, -0.2) is 40.8 Å². The van der Waals surface area contributed by atoms with Gasteiger partial charge in [0.2, 0.25) is 12.7 Å². The van der Waals surface area contributed by atoms with Gasteiger partial charge < -0.3 is 18.9 Å². The number of aryl methyl sites for hydroxylation is 1. The molecular formula is C16H16ClN3O4. The van der Waals surface area contributed by atoms with Crippen LogP contribution < -0.4 is 9.47 Å². The van der Waals surface area contributed by atoms with Gasteiger partial charge in [0.15, 0.2) is 17.3 Å². The first kappa shape index (κ1) is 15.3. The predicted molar refractivity (Wildman–Crippen MR) is 84.5 cm³/mol. The summed E-state index contributed by atoms with van der Waals surface area (Å²) in [4.78, 5) is 18.9. The third kappa shape index (κ3) is 2.69. The number of amides is 1. The van der Waals surface area contributed by atoms with E-state index in [4.69, 9.17) is 25.6 Å². The molecule has 0 bridgehead atoms. The average molecular weight is 350 g/mol. The number of piperidine rings is 1. The molecule has 2 aromatic rings. The standard InChI is InChI=1S/C16H16ClN3O4/c1-9-18-15(19-24-9)10-3-2-4-20(7-10)16(21)11-5-12(17)14-13(6-11)22-8-23-14/h5-6,10H,2-4,7-8H2,1H3/t10-/m0/s1. The molecule has 1 aromatic carbocycles. The second kappa shape index (κ2) is 5.98. The molecule has 1 amide bonds. The molecular weight excluding hydrogens is 334 g/mol. The largest absolute Gasteiger partial charge is 0.454 e. The molecule has 126 valence electrons. The second-order valence-corrected chi connectivity index (χ2v) is 6.36. The predicted octanol–water partition coefficient (Wildman–Crippen LogP) is 2.78. The van der Waals surface area contributed by atoms with Gasteiger partial charge >= 0.3 is 0 Å². The topological polar surface area (TPSA) is 77.7 Å². The molecule has 2 aliphatic rings. The Kier molecular flexibility index (Phi) is 3.80. The molecule has 1 fully saturated rings. The van der Waals surface area contributed by atoms with Crippen molar-refractivity contribution in [1.82, 2.24) is 15.0 Å². The van der Waals surface area contributed by atoms with Crippen LogP contribution in [0.5, 0.6) is 11.5 Å². The van der Waals surface area contributed by atoms with Crippen molar-refractivity contribution in [2.24, 2.45) is 0 Å². The maximum absolute atomic E-state index is 12.8. The van der Waals surface area contributed by atoms with Crippen molar-refractivity contribution in [3.8, 4) is 11.5 Å². The van der Waals surface area contributed by atoms with E-state index in [9.17, 15) is 4.79 Å². The Bertz CT molecular complexity index is 792. The zero-order valence-corrected chi connectivity index (χ0v) is 13.9. The Morgan fingerprint density at radius 1 is 1.38 bits per heavy atom. The minimum atomic E-state index is -0.0832. The number of hydrogen-bond acceptors (Lipinski definition) is 6. The molecule has 0 radical (unpaired) electrons. The van der Waals surface area contributed by atoms with Gasteiger partial charge in [-0.25, -0.2) is 0 Å². The molecule has 0 aliphatic carbocycles. The number of hydrogen-bond donors (Lipinski definition) is 0. The molecule has 0 N–H and O–H groups in total. The summed E-state index contributed by atoms with van der Waals surface area (Å²) in [7, 11) is 0. The van der Waals surface area contributed by atoms with Crippen molar-refractivity contribution in [3.63, 3.8) is 0 Å². The van der Waals surface area contributed by atoms with Crippen LogP contribution in [0, 0.1) is 6.92 Å². The molecule has 24 heavy (non-hydrogen) atoms. The fraction of sp³-hybridized carbons (Fsp3) is 0.438. The Morgan fingerprint density at radius 2 is 2.25 bits per heavy atom. The monoisotopic (exact) mass is 349 g/mol. The van der Waals surface area contributed by atoms with Crippen molar-refractivity contribution in [2.45, 2.75) is 25.7 Å². The number of nitrogens with zero attached hydrogens (tertiary/aromatic N) is 3. The molecule has 1 aromatic heterocycles. The van der Waals surface area contributed by atoms with Gasteiger partial charge in [-0.2, -0.15) is 4.98 Å². The summed E-state index contributed by atoms with van der Waals surface area (Å²) in [5.41, 5.74) is 0.495. The Labute approximate surface area is 143 Å². The number of likely N-dealkylation sites (tertiary alicyclic amines) is 1. The average Bonchev–Trinajstić information content (AvgIpc) is 3.23. The summed E-state index contributed by atoms with van der Waals surface area (Å²) >= 11 is 6.18. The van der Waals surface area contributed by atoms with Crippen LogP contribution in [0.1, 0.15) is 40.8 Å². The lowest BCUT2D eigenvalue weighted by Crippen LogP contribution is -2.39. The van der Waals surface area contributed by atoms with Gasteiger partial charge in [-0.05, 0) is 25.0 Å². The lowest BCUT2D eigenvalue weighted by molar-refractivity contribution is 0.0703. The molecule has 4 rings (SSSR count). The summed E-state index contributed by atoms with van der Waals surface area (Å²) in [6, 6.07) is 3.30. The van der Waals surface area contributed by atoms with Crippen LogP contribution in [0.4, 0.5) is 0 Å². The quantitative estimate of drug-likeness (QED) is 0.829. The van der Waals surface area contributed by atoms with E-state index in [0.717, 1.165) is 12.8 Å². The zero-order valence-electron chi connectivity index (χ0n) is 13.1. The number of benzene rings is 1. The fourth-order valence-corrected chi connectivity index (χ4v) is 3.39. The number of rotatable bonds is 2. The van der Waals surface area contributed by atoms with Gasteiger partial charge in [0.25, 0.3) is 5.91 Å². The highest BCUT2D eigenvalue weighted by atomic mass is 35.5. The van der Waals surface area contributed by atoms with E-state index in [1.54, 1.807) is 24.0 Å². The summed E-state index contributed by atoms with van der Waals surface area (Å²) in [6.07, 6.45) is 1.83. The highest BCUT2D eigenvalue weighted by Crippen LogP contribution is 2.40. The number of aromatic nitrogens is 2. The maximum atomic E-state index is 12.8. The Morgan fingerprint density at radius 3 is 3.04 bits per heavy atom. The van der Waals surface area contributed by atoms with Crippen LogP contribution in [0.2, 0.25) is 5.02 Å². The first-order chi connectivity index (χ1) is 11.6. The lowest BCUT2D eigenvalue weighted by atomic mass is 9.96. The summed E-state index contributed by atoms with van der Waals surface area (Å²) < 4.78 is 15.7. The van der Waals surface area contributed by atoms with E-state index in [-0.39, 0.29) is 18.6 Å². The zero-order chi connectivity index (χ0) is 16.7. The van der Waals surface area contributed by atoms with Gasteiger partial charge in [0.1, 0.15) is 0 Å². The summed E-state index contributed by atoms with van der Waals surface area (Å²) in [5.74, 6) is 2.20. The highest BCUT2D eigenvalue weighted by Gasteiger charge is 2.29. The van der Waals surface area contributed by atoms with Gasteiger partial charge in [0, 0.05) is 31.5 Å². The molecule has 1 saturated heterocycles. The molecule has 0 unspecified atom stereocenters. The first-order valence-corrected chi connectivity index (χ1v) is 8.18. The second-order valence-electron chi connectivity index (χ2n) is 5.95. The van der Waals surface area contributed by atoms with Crippen molar-refractivity contribution in [1.29, 1.82) is 0 Å². The minimum absolute atomic E-state index is 0.0832. The SMILES string of the molecule is Cc1nc([C@H]2CCCN(C(=O)c3cc(Cl)c4c(c3)OCO4)C2)no1. The normalized spacial score (nSPS) is 19.6. The van der Waals surface area contributed by atoms with E-state index in [1.165, 1.54) is 0 Å². The number of ether oxygens (including phenoxy) is 2. The van der Waals surface area contributed by atoms with Crippen LogP contribution in [0.25, 0.3) is 0 Å². The number of fused-ring (bicyclic) bond motifs is 1. The maximum Gasteiger partial charge on any atom is 0.254 e. The van der Waals surface area contributed by atoms with E-state index < -0.39 is 0 Å². The van der Waals surface area contributed by atoms with Crippen LogP contribution in [0.15, 0.2) is 16.7 Å². The molecule has 7 nitrogen and oxygen atoms in total. The van der Waals surface area contributed by atoms with Crippen molar-refractivity contribution in [3.05, 3.63) is 34.4 Å². The lowest BCUT2D eigenvalue weighted by Gasteiger charge is -2.31. The third-order valence-corrected chi connectivity index (χ3v) is 4.57. The van der Waals surface area contributed by atoms with Gasteiger partial charge in [-0.3, -0.25) is 4.79 Å². The van der Waals surface area contributed by atoms with Gasteiger partial charge in [-0.1, -0.05) is 16.8 Å². The van der Waals surface area contributed by atoms with E-state index in [0.29, 0.717) is 46.9 Å². The van der Waals surface area contributed by atoms with E-state index in [1.807, 2.05) is 0 Å². The minimum Gasteiger partial charge on any atom is -0.454 e. The van der Waals surface area contributed by atoms with Gasteiger partial charge in [0.05, 0.1) is 5.02 Å². The number of halogens is 1. The summed E-state index contributed by atoms with van der Waals surface area (Å²) in [5, 5.41) is 4.37. The van der Waals surface area contributed by atoms with Crippen LogP contribution >= 0.6 is 11.6 Å². The van der Waals surface area contributed by atoms with Crippen molar-refractivity contribution >= 4 is 17.5 Å². The smallest absolute Gasteiger partial charge is 0.254 e. The highest BCUT2D eigenvalue weighted by molar-refractivity contribution is 6.32. The van der Waals surface area contributed by atoms with Crippen LogP contribution in [-0.2, 0) is 0 Å². The Hall–Kier alpha value is -2.28. The van der Waals surface area contributed by atoms with E-state index in [2.05, 4.69) is 10.1 Å². The first-order valence-electron chi connectivity index (χ1n) is 7.80. The van der Waals surface area contributed by atoms with Crippen molar-refractivity contribution < 1.29 is 18.8 Å². The third-order valence-electron chi connectivity index (χ3n) is 4.29. The van der Waals surface area contributed by atoms with Crippen molar-refractivity contribution in [2.75, 3.05) is 19.9 Å². The molecule has 8 heteroatoms. The Balaban J connectivity index is 1.55. The number of carbonyl (C=O) groups is 1.